The minimum atomic E-state index is -4.38. The van der Waals surface area contributed by atoms with Crippen LogP contribution >= 0.6 is 0 Å². The average molecular weight is 300 g/mol. The first-order valence-electron chi connectivity index (χ1n) is 6.50. The van der Waals surface area contributed by atoms with Crippen LogP contribution in [0.25, 0.3) is 10.8 Å². The molecule has 0 aromatic heterocycles. The third-order valence-electron chi connectivity index (χ3n) is 3.28. The fraction of sp³-hybridized carbons (Fsp3) is 0.333. The molecule has 0 saturated heterocycles. The van der Waals surface area contributed by atoms with Crippen LogP contribution in [0, 0.1) is 0 Å². The van der Waals surface area contributed by atoms with Crippen LogP contribution in [0.2, 0.25) is 0 Å². The van der Waals surface area contributed by atoms with Crippen LogP contribution in [0.15, 0.2) is 41.3 Å². The van der Waals surface area contributed by atoms with Crippen molar-refractivity contribution in [2.75, 3.05) is 0 Å². The van der Waals surface area contributed by atoms with Gasteiger partial charge in [-0.05, 0) is 41.3 Å². The third kappa shape index (κ3) is 4.30. The van der Waals surface area contributed by atoms with Crippen molar-refractivity contribution in [2.24, 2.45) is 0 Å². The van der Waals surface area contributed by atoms with Crippen LogP contribution in [0.3, 0.4) is 0 Å². The predicted octanol–water partition coefficient (Wildman–Crippen LogP) is 0.481. The Balaban J connectivity index is 0.00000200. The summed E-state index contributed by atoms with van der Waals surface area (Å²) >= 11 is 0. The van der Waals surface area contributed by atoms with Crippen molar-refractivity contribution in [1.82, 2.24) is 0 Å². The molecule has 2 rings (SSSR count). The van der Waals surface area contributed by atoms with E-state index in [1.807, 2.05) is 12.1 Å². The maximum Gasteiger partial charge on any atom is 1.00 e. The number of rotatable bonds is 5. The second-order valence-corrected chi connectivity index (χ2v) is 6.09. The first kappa shape index (κ1) is 17.7. The summed E-state index contributed by atoms with van der Waals surface area (Å²) < 4.78 is 33.1. The minimum Gasteiger partial charge on any atom is -0.744 e. The largest absolute Gasteiger partial charge is 1.00 e. The van der Waals surface area contributed by atoms with E-state index in [4.69, 9.17) is 0 Å². The van der Waals surface area contributed by atoms with Gasteiger partial charge in [-0.1, -0.05) is 44.0 Å². The molecule has 102 valence electrons. The number of fused-ring (bicyclic) bond motifs is 1. The maximum atomic E-state index is 11.0. The zero-order valence-electron chi connectivity index (χ0n) is 11.9. The van der Waals surface area contributed by atoms with Gasteiger partial charge >= 0.3 is 29.6 Å². The van der Waals surface area contributed by atoms with Gasteiger partial charge in [-0.2, -0.15) is 0 Å². The van der Waals surface area contributed by atoms with Crippen LogP contribution < -0.4 is 29.6 Å². The van der Waals surface area contributed by atoms with E-state index in [-0.39, 0.29) is 34.5 Å². The van der Waals surface area contributed by atoms with Gasteiger partial charge in [0.05, 0.1) is 4.90 Å². The van der Waals surface area contributed by atoms with Crippen LogP contribution in [0.4, 0.5) is 0 Å². The molecule has 3 nitrogen and oxygen atoms in total. The molecule has 0 aliphatic rings. The molecule has 0 aliphatic heterocycles. The summed E-state index contributed by atoms with van der Waals surface area (Å²) in [6.45, 7) is 2.16. The fourth-order valence-electron chi connectivity index (χ4n) is 2.27. The molecule has 0 bridgehead atoms. The molecule has 2 aromatic carbocycles. The van der Waals surface area contributed by atoms with Gasteiger partial charge in [-0.25, -0.2) is 8.42 Å². The van der Waals surface area contributed by atoms with Gasteiger partial charge in [-0.15, -0.1) is 0 Å². The van der Waals surface area contributed by atoms with E-state index < -0.39 is 10.1 Å². The van der Waals surface area contributed by atoms with Crippen molar-refractivity contribution >= 4 is 20.9 Å². The van der Waals surface area contributed by atoms with Gasteiger partial charge in [0.25, 0.3) is 0 Å². The van der Waals surface area contributed by atoms with Crippen molar-refractivity contribution in [3.63, 3.8) is 0 Å². The first-order chi connectivity index (χ1) is 9.02. The summed E-state index contributed by atoms with van der Waals surface area (Å²) in [7, 11) is -4.38. The second-order valence-electron chi connectivity index (χ2n) is 4.71. The Bertz CT molecular complexity index is 681. The number of hydrogen-bond acceptors (Lipinski definition) is 3. The van der Waals surface area contributed by atoms with Gasteiger partial charge < -0.3 is 4.55 Å². The zero-order valence-corrected chi connectivity index (χ0v) is 14.7. The normalized spacial score (nSPS) is 11.3. The Morgan fingerprint density at radius 3 is 2.50 bits per heavy atom. The van der Waals surface area contributed by atoms with Crippen LogP contribution in [-0.4, -0.2) is 13.0 Å². The SMILES string of the molecule is CCCCCc1cccc2cc(S(=O)(=O)[O-])ccc12.[Na+]. The summed E-state index contributed by atoms with van der Waals surface area (Å²) in [4.78, 5) is -0.161. The quantitative estimate of drug-likeness (QED) is 0.458. The average Bonchev–Trinajstić information content (AvgIpc) is 2.37. The van der Waals surface area contributed by atoms with Gasteiger partial charge in [0.2, 0.25) is 0 Å². The molecular weight excluding hydrogens is 283 g/mol. The van der Waals surface area contributed by atoms with E-state index in [1.54, 1.807) is 6.07 Å². The Kier molecular flexibility index (Phi) is 6.69. The first-order valence-corrected chi connectivity index (χ1v) is 7.91. The molecule has 0 amide bonds. The molecule has 5 heteroatoms. The van der Waals surface area contributed by atoms with Crippen LogP contribution in [-0.2, 0) is 16.5 Å². The summed E-state index contributed by atoms with van der Waals surface area (Å²) in [6.07, 6.45) is 4.46. The number of hydrogen-bond donors (Lipinski definition) is 0. The topological polar surface area (TPSA) is 57.2 Å². The predicted molar refractivity (Wildman–Crippen MR) is 75.1 cm³/mol. The Labute approximate surface area is 142 Å². The minimum absolute atomic E-state index is 0. The van der Waals surface area contributed by atoms with E-state index >= 15 is 0 Å². The van der Waals surface area contributed by atoms with Crippen molar-refractivity contribution in [2.45, 2.75) is 37.5 Å². The summed E-state index contributed by atoms with van der Waals surface area (Å²) in [5.41, 5.74) is 1.21. The Hall–Kier alpha value is -0.390. The van der Waals surface area contributed by atoms with Crippen molar-refractivity contribution in [3.8, 4) is 0 Å². The van der Waals surface area contributed by atoms with Gasteiger partial charge in [-0.3, -0.25) is 0 Å². The van der Waals surface area contributed by atoms with E-state index in [1.165, 1.54) is 30.5 Å². The smallest absolute Gasteiger partial charge is 0.744 e. The number of unbranched alkanes of at least 4 members (excludes halogenated alkanes) is 2. The molecule has 0 aliphatic carbocycles. The number of aryl methyl sites for hydroxylation is 1. The molecule has 0 spiro atoms. The zero-order chi connectivity index (χ0) is 13.9. The van der Waals surface area contributed by atoms with Gasteiger partial charge in [0.15, 0.2) is 0 Å². The van der Waals surface area contributed by atoms with Gasteiger partial charge in [0.1, 0.15) is 10.1 Å². The summed E-state index contributed by atoms with van der Waals surface area (Å²) in [5.74, 6) is 0. The molecule has 0 fully saturated rings. The van der Waals surface area contributed by atoms with Crippen molar-refractivity contribution in [1.29, 1.82) is 0 Å². The molecule has 0 radical (unpaired) electrons. The molecule has 0 unspecified atom stereocenters. The van der Waals surface area contributed by atoms with Crippen molar-refractivity contribution in [3.05, 3.63) is 42.0 Å². The second kappa shape index (κ2) is 7.57. The van der Waals surface area contributed by atoms with Crippen LogP contribution in [0.5, 0.6) is 0 Å². The molecule has 0 heterocycles. The van der Waals surface area contributed by atoms with Crippen LogP contribution in [0.1, 0.15) is 31.7 Å². The standard InChI is InChI=1S/C15H18O3S.Na/c1-2-3-4-6-12-7-5-8-13-11-14(19(16,17)18)9-10-15(12)13;/h5,7-11H,2-4,6H2,1H3,(H,16,17,18);/q;+1/p-1. The fourth-order valence-corrected chi connectivity index (χ4v) is 2.77. The van der Waals surface area contributed by atoms with E-state index in [0.717, 1.165) is 23.6 Å². The number of benzene rings is 2. The molecular formula is C15H17NaO3S. The summed E-state index contributed by atoms with van der Waals surface area (Å²) in [5, 5.41) is 1.84. The Morgan fingerprint density at radius 2 is 1.85 bits per heavy atom. The third-order valence-corrected chi connectivity index (χ3v) is 4.11. The molecule has 0 saturated carbocycles. The van der Waals surface area contributed by atoms with Crippen molar-refractivity contribution < 1.29 is 42.5 Å². The Morgan fingerprint density at radius 1 is 1.10 bits per heavy atom. The van der Waals surface area contributed by atoms with Gasteiger partial charge in [0, 0.05) is 0 Å². The monoisotopic (exact) mass is 300 g/mol. The molecule has 20 heavy (non-hydrogen) atoms. The molecule has 0 N–H and O–H groups in total. The maximum absolute atomic E-state index is 11.0. The molecule has 2 aromatic rings. The van der Waals surface area contributed by atoms with E-state index in [0.29, 0.717) is 0 Å². The molecule has 0 atom stereocenters. The van der Waals surface area contributed by atoms with E-state index in [9.17, 15) is 13.0 Å². The summed E-state index contributed by atoms with van der Waals surface area (Å²) in [6, 6.07) is 10.4. The van der Waals surface area contributed by atoms with E-state index in [2.05, 4.69) is 13.0 Å².